The summed E-state index contributed by atoms with van der Waals surface area (Å²) in [6.07, 6.45) is 2.60. The normalized spacial score (nSPS) is 17.1. The summed E-state index contributed by atoms with van der Waals surface area (Å²) < 4.78 is 0. The molecule has 0 aromatic heterocycles. The minimum atomic E-state index is 0.0711. The van der Waals surface area contributed by atoms with Crippen molar-refractivity contribution in [1.82, 2.24) is 10.2 Å². The van der Waals surface area contributed by atoms with Crippen LogP contribution in [0.5, 0.6) is 0 Å². The van der Waals surface area contributed by atoms with Crippen LogP contribution in [0.25, 0.3) is 0 Å². The van der Waals surface area contributed by atoms with Crippen molar-refractivity contribution < 1.29 is 5.11 Å². The molecule has 1 aliphatic carbocycles. The molecule has 2 rings (SSSR count). The summed E-state index contributed by atoms with van der Waals surface area (Å²) in [6, 6.07) is 8.60. The first-order chi connectivity index (χ1) is 8.72. The first-order valence-electron chi connectivity index (χ1n) is 6.80. The topological polar surface area (TPSA) is 35.5 Å². The standard InChI is InChI=1S/C15H24N2O/c1-17(2)10-9-16-15(11-18)14-6-4-3-5-13(14)12-7-8-12/h3-6,12,15-16,18H,7-11H2,1-2H3. The van der Waals surface area contributed by atoms with Crippen molar-refractivity contribution in [2.75, 3.05) is 33.8 Å². The Kier molecular flexibility index (Phi) is 4.75. The van der Waals surface area contributed by atoms with E-state index >= 15 is 0 Å². The van der Waals surface area contributed by atoms with E-state index in [-0.39, 0.29) is 12.6 Å². The van der Waals surface area contributed by atoms with Crippen molar-refractivity contribution in [2.45, 2.75) is 24.8 Å². The summed E-state index contributed by atoms with van der Waals surface area (Å²) in [4.78, 5) is 2.15. The maximum absolute atomic E-state index is 9.60. The SMILES string of the molecule is CN(C)CCNC(CO)c1ccccc1C1CC1. The zero-order valence-electron chi connectivity index (χ0n) is 11.4. The number of likely N-dealkylation sites (N-methyl/N-ethyl adjacent to an activating group) is 1. The third kappa shape index (κ3) is 3.55. The lowest BCUT2D eigenvalue weighted by Crippen LogP contribution is -2.32. The molecule has 1 atom stereocenters. The van der Waals surface area contributed by atoms with Crippen LogP contribution in [0.4, 0.5) is 0 Å². The molecule has 100 valence electrons. The molecular formula is C15H24N2O. The molecule has 3 nitrogen and oxygen atoms in total. The quantitative estimate of drug-likeness (QED) is 0.771. The molecule has 1 aromatic rings. The van der Waals surface area contributed by atoms with E-state index in [9.17, 15) is 5.11 Å². The monoisotopic (exact) mass is 248 g/mol. The molecular weight excluding hydrogens is 224 g/mol. The molecule has 0 amide bonds. The van der Waals surface area contributed by atoms with Crippen molar-refractivity contribution in [1.29, 1.82) is 0 Å². The second kappa shape index (κ2) is 6.32. The van der Waals surface area contributed by atoms with Crippen LogP contribution in [-0.2, 0) is 0 Å². The predicted octanol–water partition coefficient (Wildman–Crippen LogP) is 1.75. The van der Waals surface area contributed by atoms with Gasteiger partial charge in [-0.1, -0.05) is 24.3 Å². The first-order valence-corrected chi connectivity index (χ1v) is 6.80. The summed E-state index contributed by atoms with van der Waals surface area (Å²) in [7, 11) is 4.13. The number of benzene rings is 1. The number of hydrogen-bond donors (Lipinski definition) is 2. The number of nitrogens with zero attached hydrogens (tertiary/aromatic N) is 1. The lowest BCUT2D eigenvalue weighted by Gasteiger charge is -2.21. The highest BCUT2D eigenvalue weighted by Crippen LogP contribution is 2.42. The number of nitrogens with one attached hydrogen (secondary N) is 1. The fourth-order valence-electron chi connectivity index (χ4n) is 2.33. The molecule has 3 heteroatoms. The first kappa shape index (κ1) is 13.5. The molecule has 0 radical (unpaired) electrons. The zero-order valence-corrected chi connectivity index (χ0v) is 11.4. The maximum atomic E-state index is 9.60. The van der Waals surface area contributed by atoms with Gasteiger partial charge in [-0.3, -0.25) is 0 Å². The second-order valence-corrected chi connectivity index (χ2v) is 5.40. The van der Waals surface area contributed by atoms with Crippen molar-refractivity contribution in [3.8, 4) is 0 Å². The van der Waals surface area contributed by atoms with Gasteiger partial charge >= 0.3 is 0 Å². The fourth-order valence-corrected chi connectivity index (χ4v) is 2.33. The molecule has 0 spiro atoms. The van der Waals surface area contributed by atoms with Crippen LogP contribution < -0.4 is 5.32 Å². The molecule has 18 heavy (non-hydrogen) atoms. The van der Waals surface area contributed by atoms with E-state index in [1.807, 2.05) is 0 Å². The largest absolute Gasteiger partial charge is 0.394 e. The van der Waals surface area contributed by atoms with Gasteiger partial charge in [0, 0.05) is 13.1 Å². The van der Waals surface area contributed by atoms with Crippen LogP contribution in [0.1, 0.15) is 35.9 Å². The summed E-state index contributed by atoms with van der Waals surface area (Å²) in [5, 5.41) is 13.0. The third-order valence-electron chi connectivity index (χ3n) is 3.52. The highest BCUT2D eigenvalue weighted by Gasteiger charge is 2.27. The summed E-state index contributed by atoms with van der Waals surface area (Å²) in [5.74, 6) is 0.728. The highest BCUT2D eigenvalue weighted by molar-refractivity contribution is 5.35. The van der Waals surface area contributed by atoms with E-state index in [1.165, 1.54) is 24.0 Å². The number of rotatable bonds is 7. The zero-order chi connectivity index (χ0) is 13.0. The Morgan fingerprint density at radius 3 is 2.67 bits per heavy atom. The Morgan fingerprint density at radius 1 is 1.33 bits per heavy atom. The van der Waals surface area contributed by atoms with Gasteiger partial charge in [0.2, 0.25) is 0 Å². The Balaban J connectivity index is 2.02. The van der Waals surface area contributed by atoms with Crippen LogP contribution in [0, 0.1) is 0 Å². The van der Waals surface area contributed by atoms with Crippen LogP contribution in [0.15, 0.2) is 24.3 Å². The summed E-state index contributed by atoms with van der Waals surface area (Å²) >= 11 is 0. The number of aliphatic hydroxyl groups excluding tert-OH is 1. The Labute approximate surface area is 110 Å². The third-order valence-corrected chi connectivity index (χ3v) is 3.52. The molecule has 0 bridgehead atoms. The lowest BCUT2D eigenvalue weighted by molar-refractivity contribution is 0.239. The molecule has 1 unspecified atom stereocenters. The van der Waals surface area contributed by atoms with E-state index in [4.69, 9.17) is 0 Å². The van der Waals surface area contributed by atoms with Gasteiger partial charge < -0.3 is 15.3 Å². The smallest absolute Gasteiger partial charge is 0.0626 e. The lowest BCUT2D eigenvalue weighted by atomic mass is 9.97. The van der Waals surface area contributed by atoms with Gasteiger partial charge in [0.25, 0.3) is 0 Å². The molecule has 1 aromatic carbocycles. The summed E-state index contributed by atoms with van der Waals surface area (Å²) in [5.41, 5.74) is 2.70. The number of aliphatic hydroxyl groups is 1. The highest BCUT2D eigenvalue weighted by atomic mass is 16.3. The predicted molar refractivity (Wildman–Crippen MR) is 74.8 cm³/mol. The molecule has 1 aliphatic rings. The summed E-state index contributed by atoms with van der Waals surface area (Å²) in [6.45, 7) is 2.05. The van der Waals surface area contributed by atoms with Crippen molar-refractivity contribution in [2.24, 2.45) is 0 Å². The van der Waals surface area contributed by atoms with Crippen molar-refractivity contribution in [3.05, 3.63) is 35.4 Å². The van der Waals surface area contributed by atoms with E-state index in [2.05, 4.69) is 48.6 Å². The molecule has 0 saturated heterocycles. The average Bonchev–Trinajstić information content (AvgIpc) is 3.19. The van der Waals surface area contributed by atoms with E-state index < -0.39 is 0 Å². The van der Waals surface area contributed by atoms with Crippen LogP contribution in [-0.4, -0.2) is 43.8 Å². The Bertz CT molecular complexity index is 375. The van der Waals surface area contributed by atoms with Gasteiger partial charge in [-0.05, 0) is 44.0 Å². The van der Waals surface area contributed by atoms with Crippen LogP contribution >= 0.6 is 0 Å². The molecule has 1 saturated carbocycles. The van der Waals surface area contributed by atoms with Gasteiger partial charge in [0.15, 0.2) is 0 Å². The van der Waals surface area contributed by atoms with E-state index in [1.54, 1.807) is 0 Å². The van der Waals surface area contributed by atoms with Crippen molar-refractivity contribution in [3.63, 3.8) is 0 Å². The minimum absolute atomic E-state index is 0.0711. The number of hydrogen-bond acceptors (Lipinski definition) is 3. The molecule has 0 heterocycles. The molecule has 2 N–H and O–H groups in total. The van der Waals surface area contributed by atoms with Crippen LogP contribution in [0.2, 0.25) is 0 Å². The average molecular weight is 248 g/mol. The fraction of sp³-hybridized carbons (Fsp3) is 0.600. The van der Waals surface area contributed by atoms with Crippen LogP contribution in [0.3, 0.4) is 0 Å². The molecule has 0 aliphatic heterocycles. The van der Waals surface area contributed by atoms with Gasteiger partial charge in [-0.2, -0.15) is 0 Å². The van der Waals surface area contributed by atoms with Crippen molar-refractivity contribution >= 4 is 0 Å². The second-order valence-electron chi connectivity index (χ2n) is 5.40. The van der Waals surface area contributed by atoms with Gasteiger partial charge in [0.05, 0.1) is 12.6 Å². The van der Waals surface area contributed by atoms with Gasteiger partial charge in [0.1, 0.15) is 0 Å². The van der Waals surface area contributed by atoms with E-state index in [0.29, 0.717) is 0 Å². The minimum Gasteiger partial charge on any atom is -0.394 e. The Morgan fingerprint density at radius 2 is 2.06 bits per heavy atom. The van der Waals surface area contributed by atoms with Gasteiger partial charge in [-0.15, -0.1) is 0 Å². The van der Waals surface area contributed by atoms with Gasteiger partial charge in [-0.25, -0.2) is 0 Å². The molecule has 1 fully saturated rings. The maximum Gasteiger partial charge on any atom is 0.0626 e. The Hall–Kier alpha value is -0.900. The van der Waals surface area contributed by atoms with E-state index in [0.717, 1.165) is 19.0 Å².